The van der Waals surface area contributed by atoms with E-state index < -0.39 is 11.7 Å². The number of rotatable bonds is 6. The first-order valence-corrected chi connectivity index (χ1v) is 15.0. The second-order valence-electron chi connectivity index (χ2n) is 11.3. The molecule has 0 bridgehead atoms. The number of para-hydroxylation sites is 2. The monoisotopic (exact) mass is 607 g/mol. The molecule has 0 heterocycles. The van der Waals surface area contributed by atoms with Gasteiger partial charge in [-0.15, -0.1) is 0 Å². The quantitative estimate of drug-likeness (QED) is 0.247. The summed E-state index contributed by atoms with van der Waals surface area (Å²) in [6.07, 6.45) is 4.45. The maximum Gasteiger partial charge on any atom is 0.335 e. The van der Waals surface area contributed by atoms with Crippen molar-refractivity contribution in [1.82, 2.24) is 0 Å². The van der Waals surface area contributed by atoms with Gasteiger partial charge in [0, 0.05) is 57.8 Å². The number of carbonyl (C=O) groups is 1. The van der Waals surface area contributed by atoms with Gasteiger partial charge in [-0.25, -0.2) is 9.79 Å². The van der Waals surface area contributed by atoms with Gasteiger partial charge in [-0.3, -0.25) is 0 Å². The van der Waals surface area contributed by atoms with Crippen molar-refractivity contribution in [3.8, 4) is 5.75 Å². The second kappa shape index (κ2) is 14.3. The summed E-state index contributed by atoms with van der Waals surface area (Å²) in [4.78, 5) is 18.1. The molecular formula is C40H37N3O3. The summed E-state index contributed by atoms with van der Waals surface area (Å²) in [6, 6.07) is 42.2. The minimum Gasteiger partial charge on any atom is -0.872 e. The number of allylic oxidation sites excluding steroid dienone is 3. The molecular weight excluding hydrogens is 570 g/mol. The van der Waals surface area contributed by atoms with E-state index in [9.17, 15) is 9.90 Å². The summed E-state index contributed by atoms with van der Waals surface area (Å²) >= 11 is 0. The number of benzene rings is 5. The fraction of sp³-hybridized carbons (Fsp3) is 0.100. The van der Waals surface area contributed by atoms with Crippen LogP contribution in [0.1, 0.15) is 32.6 Å². The smallest absolute Gasteiger partial charge is 0.335 e. The predicted molar refractivity (Wildman–Crippen MR) is 187 cm³/mol. The molecule has 230 valence electrons. The molecule has 0 amide bonds. The van der Waals surface area contributed by atoms with Gasteiger partial charge in [0.2, 0.25) is 11.4 Å². The summed E-state index contributed by atoms with van der Waals surface area (Å²) in [6.45, 7) is 0. The first kappa shape index (κ1) is 31.5. The number of nitrogens with zero attached hydrogens (tertiary/aromatic N) is 2. The van der Waals surface area contributed by atoms with Crippen LogP contribution in [-0.2, 0) is 0 Å². The molecule has 0 aliphatic heterocycles. The fourth-order valence-corrected chi connectivity index (χ4v) is 5.28. The number of carboxylic acid groups (broad SMARTS) is 1. The van der Waals surface area contributed by atoms with E-state index in [2.05, 4.69) is 152 Å². The van der Waals surface area contributed by atoms with Crippen molar-refractivity contribution in [2.45, 2.75) is 0 Å². The molecule has 6 rings (SSSR count). The van der Waals surface area contributed by atoms with Crippen molar-refractivity contribution < 1.29 is 20.0 Å². The maximum atomic E-state index is 10.7. The minimum absolute atomic E-state index is 0.178. The molecule has 0 saturated carbocycles. The van der Waals surface area contributed by atoms with Crippen molar-refractivity contribution in [3.05, 3.63) is 167 Å². The molecule has 0 aromatic heterocycles. The van der Waals surface area contributed by atoms with Crippen molar-refractivity contribution >= 4 is 39.9 Å². The largest absolute Gasteiger partial charge is 0.872 e. The molecule has 0 atom stereocenters. The normalized spacial score (nSPS) is 12.5. The van der Waals surface area contributed by atoms with Crippen LogP contribution < -0.4 is 19.9 Å². The third-order valence-corrected chi connectivity index (χ3v) is 7.71. The fourth-order valence-electron chi connectivity index (χ4n) is 5.28. The van der Waals surface area contributed by atoms with E-state index >= 15 is 0 Å². The van der Waals surface area contributed by atoms with Gasteiger partial charge in [0.05, 0.1) is 11.1 Å². The first-order chi connectivity index (χ1) is 22.2. The second-order valence-corrected chi connectivity index (χ2v) is 11.3. The van der Waals surface area contributed by atoms with Crippen LogP contribution >= 0.6 is 0 Å². The van der Waals surface area contributed by atoms with Gasteiger partial charge < -0.3 is 20.0 Å². The van der Waals surface area contributed by atoms with Crippen molar-refractivity contribution in [3.63, 3.8) is 0 Å². The summed E-state index contributed by atoms with van der Waals surface area (Å²) in [7, 11) is 8.30. The van der Waals surface area contributed by atoms with E-state index in [-0.39, 0.29) is 5.56 Å². The van der Waals surface area contributed by atoms with Gasteiger partial charge >= 0.3 is 5.97 Å². The number of nitrogens with one attached hydrogen (secondary N) is 1. The molecule has 1 aliphatic carbocycles. The number of hydrogen-bond acceptors (Lipinski definition) is 4. The lowest BCUT2D eigenvalue weighted by Gasteiger charge is -2.21. The van der Waals surface area contributed by atoms with E-state index in [1.807, 2.05) is 6.07 Å². The molecule has 46 heavy (non-hydrogen) atoms. The van der Waals surface area contributed by atoms with Crippen molar-refractivity contribution in [2.75, 3.05) is 38.0 Å². The summed E-state index contributed by atoms with van der Waals surface area (Å²) in [5, 5.41) is 19.0. The molecule has 0 saturated heterocycles. The topological polar surface area (TPSA) is 80.8 Å². The van der Waals surface area contributed by atoms with Crippen LogP contribution in [0.2, 0.25) is 0 Å². The Hall–Kier alpha value is -5.88. The molecule has 6 heteroatoms. The zero-order chi connectivity index (χ0) is 32.6. The van der Waals surface area contributed by atoms with Gasteiger partial charge in [-0.1, -0.05) is 84.6 Å². The van der Waals surface area contributed by atoms with Gasteiger partial charge in [-0.05, 0) is 70.3 Å². The van der Waals surface area contributed by atoms with E-state index in [0.29, 0.717) is 0 Å². The Balaban J connectivity index is 0.000000356. The summed E-state index contributed by atoms with van der Waals surface area (Å²) in [5.41, 5.74) is 11.7. The van der Waals surface area contributed by atoms with Crippen LogP contribution in [-0.4, -0.2) is 45.0 Å². The Morgan fingerprint density at radius 2 is 1.11 bits per heavy atom. The van der Waals surface area contributed by atoms with Gasteiger partial charge in [0.25, 0.3) is 0 Å². The average Bonchev–Trinajstić information content (AvgIpc) is 3.07. The lowest BCUT2D eigenvalue weighted by atomic mass is 9.83. The predicted octanol–water partition coefficient (Wildman–Crippen LogP) is 6.01. The Kier molecular flexibility index (Phi) is 9.78. The highest BCUT2D eigenvalue weighted by atomic mass is 16.4. The maximum absolute atomic E-state index is 10.7. The van der Waals surface area contributed by atoms with Crippen LogP contribution in [0.5, 0.6) is 5.75 Å². The van der Waals surface area contributed by atoms with Crippen LogP contribution in [0.4, 0.5) is 17.1 Å². The van der Waals surface area contributed by atoms with Gasteiger partial charge in [0.15, 0.2) is 0 Å². The van der Waals surface area contributed by atoms with E-state index in [0.717, 1.165) is 11.4 Å². The Morgan fingerprint density at radius 1 is 0.609 bits per heavy atom. The van der Waals surface area contributed by atoms with E-state index in [1.54, 1.807) is 0 Å². The molecule has 0 fully saturated rings. The lowest BCUT2D eigenvalue weighted by Crippen LogP contribution is -2.66. The zero-order valence-electron chi connectivity index (χ0n) is 26.4. The minimum atomic E-state index is -1.18. The summed E-state index contributed by atoms with van der Waals surface area (Å²) < 4.78 is 0. The molecule has 0 radical (unpaired) electrons. The SMILES string of the molecule is CN(C)c1ccc(C(=C2C=CC(=[NH+]c3ccccc3)c3ccccc32)c2ccc(N(C)C)cc2)cc1.O=C(O)c1ccccc1[O-]. The van der Waals surface area contributed by atoms with Crippen molar-refractivity contribution in [1.29, 1.82) is 0 Å². The average molecular weight is 608 g/mol. The molecule has 0 spiro atoms. The zero-order valence-corrected chi connectivity index (χ0v) is 26.4. The first-order valence-electron chi connectivity index (χ1n) is 15.0. The third-order valence-electron chi connectivity index (χ3n) is 7.71. The lowest BCUT2D eigenvalue weighted by molar-refractivity contribution is -0.351. The molecule has 5 aromatic rings. The number of hydrogen-bond donors (Lipinski definition) is 2. The van der Waals surface area contributed by atoms with Crippen molar-refractivity contribution in [2.24, 2.45) is 0 Å². The molecule has 1 aliphatic rings. The molecule has 2 N–H and O–H groups in total. The van der Waals surface area contributed by atoms with Crippen LogP contribution in [0.3, 0.4) is 0 Å². The van der Waals surface area contributed by atoms with E-state index in [4.69, 9.17) is 5.11 Å². The number of carboxylic acids is 1. The van der Waals surface area contributed by atoms with Gasteiger partial charge in [-0.2, -0.15) is 0 Å². The highest BCUT2D eigenvalue weighted by Crippen LogP contribution is 2.37. The molecule has 6 nitrogen and oxygen atoms in total. The van der Waals surface area contributed by atoms with Crippen LogP contribution in [0.25, 0.3) is 11.1 Å². The Morgan fingerprint density at radius 3 is 1.61 bits per heavy atom. The highest BCUT2D eigenvalue weighted by Gasteiger charge is 2.23. The standard InChI is InChI=1S/C33H31N3.C7H6O3/c1-35(2)27-18-14-24(15-19-27)33(25-16-20-28(21-17-25)36(3)4)31-22-23-32(30-13-9-8-12-29(30)31)34-26-10-6-5-7-11-26;8-6-4-2-1-3-5(6)7(9)10/h5-23H,1-4H3;1-4,8H,(H,9,10). The summed E-state index contributed by atoms with van der Waals surface area (Å²) in [5.74, 6) is -1.62. The number of fused-ring (bicyclic) bond motifs is 1. The van der Waals surface area contributed by atoms with Crippen LogP contribution in [0, 0.1) is 0 Å². The highest BCUT2D eigenvalue weighted by molar-refractivity contribution is 6.17. The number of aromatic carboxylic acids is 1. The Labute approximate surface area is 270 Å². The number of anilines is 2. The van der Waals surface area contributed by atoms with Gasteiger partial charge in [0.1, 0.15) is 0 Å². The molecule has 0 unspecified atom stereocenters. The van der Waals surface area contributed by atoms with Crippen LogP contribution in [0.15, 0.2) is 140 Å². The molecule has 5 aromatic carbocycles. The third kappa shape index (κ3) is 7.25. The Bertz CT molecular complexity index is 1850. The van der Waals surface area contributed by atoms with E-state index in [1.165, 1.54) is 69.0 Å².